The SMILES string of the molecule is CC(C)C(CN)c1nc(CCOc2ccccc2)no1. The number of hydrogen-bond acceptors (Lipinski definition) is 5. The van der Waals surface area contributed by atoms with Gasteiger partial charge in [-0.3, -0.25) is 0 Å². The van der Waals surface area contributed by atoms with Crippen molar-refractivity contribution < 1.29 is 9.26 Å². The maximum Gasteiger partial charge on any atom is 0.231 e. The lowest BCUT2D eigenvalue weighted by molar-refractivity contribution is 0.307. The first-order valence-corrected chi connectivity index (χ1v) is 6.91. The predicted octanol–water partition coefficient (Wildman–Crippen LogP) is 2.39. The molecule has 0 radical (unpaired) electrons. The van der Waals surface area contributed by atoms with Crippen LogP contribution in [0.25, 0.3) is 0 Å². The van der Waals surface area contributed by atoms with Crippen molar-refractivity contribution in [2.75, 3.05) is 13.2 Å². The maximum absolute atomic E-state index is 5.74. The Morgan fingerprint density at radius 1 is 1.25 bits per heavy atom. The first-order valence-electron chi connectivity index (χ1n) is 6.91. The molecule has 1 aromatic carbocycles. The zero-order valence-electron chi connectivity index (χ0n) is 12.0. The molecule has 2 aromatic rings. The highest BCUT2D eigenvalue weighted by atomic mass is 16.5. The molecule has 1 unspecified atom stereocenters. The average Bonchev–Trinajstić information content (AvgIpc) is 2.89. The first-order chi connectivity index (χ1) is 9.70. The Hall–Kier alpha value is -1.88. The molecule has 0 aliphatic rings. The largest absolute Gasteiger partial charge is 0.493 e. The molecule has 20 heavy (non-hydrogen) atoms. The molecule has 0 saturated heterocycles. The highest BCUT2D eigenvalue weighted by Gasteiger charge is 2.20. The molecule has 2 N–H and O–H groups in total. The number of benzene rings is 1. The van der Waals surface area contributed by atoms with E-state index in [4.69, 9.17) is 15.0 Å². The highest BCUT2D eigenvalue weighted by Crippen LogP contribution is 2.21. The lowest BCUT2D eigenvalue weighted by Crippen LogP contribution is -2.18. The third-order valence-corrected chi connectivity index (χ3v) is 3.20. The molecule has 0 saturated carbocycles. The van der Waals surface area contributed by atoms with Gasteiger partial charge < -0.3 is 15.0 Å². The highest BCUT2D eigenvalue weighted by molar-refractivity contribution is 5.20. The van der Waals surface area contributed by atoms with Crippen LogP contribution in [0.2, 0.25) is 0 Å². The van der Waals surface area contributed by atoms with Crippen LogP contribution in [0.5, 0.6) is 5.75 Å². The lowest BCUT2D eigenvalue weighted by Gasteiger charge is -2.13. The summed E-state index contributed by atoms with van der Waals surface area (Å²) in [5, 5.41) is 3.98. The Labute approximate surface area is 119 Å². The van der Waals surface area contributed by atoms with Crippen LogP contribution in [0.15, 0.2) is 34.9 Å². The smallest absolute Gasteiger partial charge is 0.231 e. The van der Waals surface area contributed by atoms with Gasteiger partial charge in [0.05, 0.1) is 12.5 Å². The van der Waals surface area contributed by atoms with E-state index in [1.807, 2.05) is 30.3 Å². The molecule has 0 aliphatic carbocycles. The molecule has 0 bridgehead atoms. The summed E-state index contributed by atoms with van der Waals surface area (Å²) in [6.07, 6.45) is 0.619. The minimum atomic E-state index is 0.117. The fourth-order valence-corrected chi connectivity index (χ4v) is 1.95. The Morgan fingerprint density at radius 2 is 2.00 bits per heavy atom. The van der Waals surface area contributed by atoms with E-state index < -0.39 is 0 Å². The molecule has 5 heteroatoms. The summed E-state index contributed by atoms with van der Waals surface area (Å²) >= 11 is 0. The van der Waals surface area contributed by atoms with Gasteiger partial charge in [0.1, 0.15) is 5.75 Å². The van der Waals surface area contributed by atoms with Crippen LogP contribution < -0.4 is 10.5 Å². The van der Waals surface area contributed by atoms with Gasteiger partial charge in [-0.1, -0.05) is 37.2 Å². The fraction of sp³-hybridized carbons (Fsp3) is 0.467. The zero-order chi connectivity index (χ0) is 14.4. The van der Waals surface area contributed by atoms with Crippen molar-refractivity contribution >= 4 is 0 Å². The lowest BCUT2D eigenvalue weighted by atomic mass is 9.96. The van der Waals surface area contributed by atoms with Crippen LogP contribution in [-0.4, -0.2) is 23.3 Å². The Bertz CT molecular complexity index is 511. The molecule has 0 amide bonds. The first kappa shape index (κ1) is 14.5. The summed E-state index contributed by atoms with van der Waals surface area (Å²) in [7, 11) is 0. The van der Waals surface area contributed by atoms with Gasteiger partial charge in [0.15, 0.2) is 5.82 Å². The van der Waals surface area contributed by atoms with Gasteiger partial charge >= 0.3 is 0 Å². The second kappa shape index (κ2) is 7.05. The molecule has 1 heterocycles. The van der Waals surface area contributed by atoms with Crippen LogP contribution in [0, 0.1) is 5.92 Å². The molecule has 0 fully saturated rings. The van der Waals surface area contributed by atoms with Crippen molar-refractivity contribution in [1.82, 2.24) is 10.1 Å². The summed E-state index contributed by atoms with van der Waals surface area (Å²) in [5.74, 6) is 2.63. The Morgan fingerprint density at radius 3 is 2.65 bits per heavy atom. The van der Waals surface area contributed by atoms with Gasteiger partial charge in [0, 0.05) is 13.0 Å². The number of nitrogens with two attached hydrogens (primary N) is 1. The van der Waals surface area contributed by atoms with Crippen LogP contribution in [0.1, 0.15) is 31.5 Å². The van der Waals surface area contributed by atoms with Crippen molar-refractivity contribution in [3.63, 3.8) is 0 Å². The number of nitrogens with zero attached hydrogens (tertiary/aromatic N) is 2. The summed E-state index contributed by atoms with van der Waals surface area (Å²) in [6.45, 7) is 5.23. The van der Waals surface area contributed by atoms with E-state index in [2.05, 4.69) is 24.0 Å². The van der Waals surface area contributed by atoms with Crippen LogP contribution in [0.4, 0.5) is 0 Å². The van der Waals surface area contributed by atoms with Crippen molar-refractivity contribution in [2.24, 2.45) is 11.7 Å². The number of aromatic nitrogens is 2. The molecule has 108 valence electrons. The van der Waals surface area contributed by atoms with Crippen LogP contribution in [0.3, 0.4) is 0 Å². The van der Waals surface area contributed by atoms with E-state index in [1.165, 1.54) is 0 Å². The van der Waals surface area contributed by atoms with E-state index in [-0.39, 0.29) is 5.92 Å². The summed E-state index contributed by atoms with van der Waals surface area (Å²) in [5.41, 5.74) is 5.74. The second-order valence-electron chi connectivity index (χ2n) is 5.05. The van der Waals surface area contributed by atoms with E-state index >= 15 is 0 Å². The van der Waals surface area contributed by atoms with Gasteiger partial charge in [-0.2, -0.15) is 4.98 Å². The molecular weight excluding hydrogens is 254 g/mol. The minimum absolute atomic E-state index is 0.117. The second-order valence-corrected chi connectivity index (χ2v) is 5.05. The van der Waals surface area contributed by atoms with Gasteiger partial charge in [0.2, 0.25) is 5.89 Å². The third-order valence-electron chi connectivity index (χ3n) is 3.20. The maximum atomic E-state index is 5.74. The van der Waals surface area contributed by atoms with Crippen molar-refractivity contribution in [3.05, 3.63) is 42.0 Å². The third kappa shape index (κ3) is 3.81. The van der Waals surface area contributed by atoms with Crippen molar-refractivity contribution in [2.45, 2.75) is 26.2 Å². The van der Waals surface area contributed by atoms with E-state index in [0.29, 0.717) is 37.2 Å². The zero-order valence-corrected chi connectivity index (χ0v) is 12.0. The van der Waals surface area contributed by atoms with Gasteiger partial charge in [-0.15, -0.1) is 0 Å². The molecule has 0 spiro atoms. The molecule has 0 aliphatic heterocycles. The number of rotatable bonds is 7. The number of para-hydroxylation sites is 1. The number of hydrogen-bond donors (Lipinski definition) is 1. The summed E-state index contributed by atoms with van der Waals surface area (Å²) in [4.78, 5) is 4.40. The monoisotopic (exact) mass is 275 g/mol. The average molecular weight is 275 g/mol. The van der Waals surface area contributed by atoms with E-state index in [1.54, 1.807) is 0 Å². The standard InChI is InChI=1S/C15H21N3O2/c1-11(2)13(10-16)15-17-14(18-20-15)8-9-19-12-6-4-3-5-7-12/h3-7,11,13H,8-10,16H2,1-2H3. The Kier molecular flexibility index (Phi) is 5.12. The van der Waals surface area contributed by atoms with Gasteiger partial charge in [0.25, 0.3) is 0 Å². The predicted molar refractivity (Wildman–Crippen MR) is 76.6 cm³/mol. The Balaban J connectivity index is 1.87. The molecule has 2 rings (SSSR count). The fourth-order valence-electron chi connectivity index (χ4n) is 1.95. The summed E-state index contributed by atoms with van der Waals surface area (Å²) < 4.78 is 10.9. The number of ether oxygens (including phenoxy) is 1. The van der Waals surface area contributed by atoms with Crippen LogP contribution in [-0.2, 0) is 6.42 Å². The van der Waals surface area contributed by atoms with Crippen LogP contribution >= 0.6 is 0 Å². The van der Waals surface area contributed by atoms with Gasteiger partial charge in [-0.25, -0.2) is 0 Å². The summed E-state index contributed by atoms with van der Waals surface area (Å²) in [6, 6.07) is 9.68. The van der Waals surface area contributed by atoms with Crippen molar-refractivity contribution in [3.8, 4) is 5.75 Å². The molecular formula is C15H21N3O2. The molecule has 5 nitrogen and oxygen atoms in total. The van der Waals surface area contributed by atoms with E-state index in [9.17, 15) is 0 Å². The quantitative estimate of drug-likeness (QED) is 0.839. The normalized spacial score (nSPS) is 12.6. The molecule has 1 atom stereocenters. The van der Waals surface area contributed by atoms with Gasteiger partial charge in [-0.05, 0) is 18.1 Å². The minimum Gasteiger partial charge on any atom is -0.493 e. The van der Waals surface area contributed by atoms with Crippen molar-refractivity contribution in [1.29, 1.82) is 0 Å². The topological polar surface area (TPSA) is 74.2 Å². The molecule has 1 aromatic heterocycles. The van der Waals surface area contributed by atoms with E-state index in [0.717, 1.165) is 5.75 Å².